The zero-order valence-corrected chi connectivity index (χ0v) is 12.9. The van der Waals surface area contributed by atoms with Crippen LogP contribution >= 0.6 is 0 Å². The molecule has 108 valence electrons. The molecule has 0 aromatic heterocycles. The van der Waals surface area contributed by atoms with Crippen LogP contribution in [-0.4, -0.2) is 33.8 Å². The molecule has 1 fully saturated rings. The largest absolute Gasteiger partial charge is 0.312 e. The van der Waals surface area contributed by atoms with E-state index in [0.29, 0.717) is 30.5 Å². The van der Waals surface area contributed by atoms with Gasteiger partial charge >= 0.3 is 0 Å². The third-order valence-corrected chi connectivity index (χ3v) is 4.50. The molecule has 1 rings (SSSR count). The van der Waals surface area contributed by atoms with Crippen LogP contribution in [0.15, 0.2) is 0 Å². The van der Waals surface area contributed by atoms with Gasteiger partial charge in [0.05, 0.1) is 6.26 Å². The van der Waals surface area contributed by atoms with E-state index < -0.39 is 10.0 Å². The Labute approximate surface area is 112 Å². The van der Waals surface area contributed by atoms with E-state index in [9.17, 15) is 8.42 Å². The van der Waals surface area contributed by atoms with Gasteiger partial charge in [0, 0.05) is 19.1 Å². The SMILES string of the molecule is CC(C)(C)C1CCCCC1NCCNS(C)(=O)=O. The molecule has 0 spiro atoms. The predicted octanol–water partition coefficient (Wildman–Crippen LogP) is 1.73. The van der Waals surface area contributed by atoms with Crippen molar-refractivity contribution in [2.24, 2.45) is 11.3 Å². The van der Waals surface area contributed by atoms with Crippen molar-refractivity contribution in [2.75, 3.05) is 19.3 Å². The highest BCUT2D eigenvalue weighted by Gasteiger charge is 2.33. The first-order valence-electron chi connectivity index (χ1n) is 6.88. The highest BCUT2D eigenvalue weighted by atomic mass is 32.2. The van der Waals surface area contributed by atoms with Crippen molar-refractivity contribution < 1.29 is 8.42 Å². The summed E-state index contributed by atoms with van der Waals surface area (Å²) < 4.78 is 24.5. The quantitative estimate of drug-likeness (QED) is 0.752. The van der Waals surface area contributed by atoms with E-state index in [1.54, 1.807) is 0 Å². The minimum atomic E-state index is -3.06. The Balaban J connectivity index is 2.39. The first-order valence-corrected chi connectivity index (χ1v) is 8.77. The second kappa shape index (κ2) is 6.35. The molecule has 1 aliphatic rings. The number of sulfonamides is 1. The first-order chi connectivity index (χ1) is 8.20. The molecule has 1 saturated carbocycles. The number of rotatable bonds is 5. The van der Waals surface area contributed by atoms with Crippen molar-refractivity contribution in [3.8, 4) is 0 Å². The topological polar surface area (TPSA) is 58.2 Å². The molecule has 0 aromatic rings. The highest BCUT2D eigenvalue weighted by Crippen LogP contribution is 2.37. The lowest BCUT2D eigenvalue weighted by Gasteiger charge is -2.41. The Morgan fingerprint density at radius 2 is 1.72 bits per heavy atom. The molecule has 0 bridgehead atoms. The van der Waals surface area contributed by atoms with E-state index >= 15 is 0 Å². The third-order valence-electron chi connectivity index (χ3n) is 3.77. The lowest BCUT2D eigenvalue weighted by atomic mass is 9.69. The molecule has 0 radical (unpaired) electrons. The first kappa shape index (κ1) is 15.9. The normalized spacial score (nSPS) is 26.2. The second-order valence-electron chi connectivity index (χ2n) is 6.48. The van der Waals surface area contributed by atoms with E-state index in [-0.39, 0.29) is 0 Å². The molecular weight excluding hydrogens is 248 g/mol. The van der Waals surface area contributed by atoms with Gasteiger partial charge in [-0.05, 0) is 24.2 Å². The highest BCUT2D eigenvalue weighted by molar-refractivity contribution is 7.88. The van der Waals surface area contributed by atoms with E-state index in [1.165, 1.54) is 31.9 Å². The van der Waals surface area contributed by atoms with Crippen LogP contribution in [0, 0.1) is 11.3 Å². The summed E-state index contributed by atoms with van der Waals surface area (Å²) in [7, 11) is -3.06. The molecule has 0 amide bonds. The van der Waals surface area contributed by atoms with Crippen molar-refractivity contribution in [1.82, 2.24) is 10.0 Å². The maximum atomic E-state index is 11.0. The minimum Gasteiger partial charge on any atom is -0.312 e. The van der Waals surface area contributed by atoms with Crippen LogP contribution in [0.25, 0.3) is 0 Å². The number of hydrogen-bond donors (Lipinski definition) is 2. The molecule has 0 aromatic carbocycles. The van der Waals surface area contributed by atoms with Gasteiger partial charge in [-0.1, -0.05) is 33.6 Å². The summed E-state index contributed by atoms with van der Waals surface area (Å²) in [6, 6.07) is 0.528. The van der Waals surface area contributed by atoms with Gasteiger partial charge in [-0.3, -0.25) is 0 Å². The summed E-state index contributed by atoms with van der Waals surface area (Å²) in [5.74, 6) is 0.685. The Kier molecular flexibility index (Phi) is 5.62. The van der Waals surface area contributed by atoms with Crippen molar-refractivity contribution in [3.05, 3.63) is 0 Å². The van der Waals surface area contributed by atoms with Crippen LogP contribution in [0.5, 0.6) is 0 Å². The smallest absolute Gasteiger partial charge is 0.208 e. The summed E-state index contributed by atoms with van der Waals surface area (Å²) >= 11 is 0. The van der Waals surface area contributed by atoms with Crippen LogP contribution < -0.4 is 10.0 Å². The lowest BCUT2D eigenvalue weighted by Crippen LogP contribution is -2.46. The van der Waals surface area contributed by atoms with Gasteiger partial charge in [-0.25, -0.2) is 13.1 Å². The Morgan fingerprint density at radius 3 is 2.28 bits per heavy atom. The summed E-state index contributed by atoms with van der Waals surface area (Å²) in [6.07, 6.45) is 6.29. The molecule has 5 heteroatoms. The predicted molar refractivity (Wildman–Crippen MR) is 76.1 cm³/mol. The van der Waals surface area contributed by atoms with Crippen molar-refractivity contribution >= 4 is 10.0 Å². The fourth-order valence-corrected chi connectivity index (χ4v) is 3.38. The number of hydrogen-bond acceptors (Lipinski definition) is 3. The average Bonchev–Trinajstić information content (AvgIpc) is 2.22. The molecule has 2 N–H and O–H groups in total. The maximum Gasteiger partial charge on any atom is 0.208 e. The van der Waals surface area contributed by atoms with Crippen molar-refractivity contribution in [3.63, 3.8) is 0 Å². The molecule has 1 aliphatic carbocycles. The maximum absolute atomic E-state index is 11.0. The fourth-order valence-electron chi connectivity index (χ4n) is 2.91. The van der Waals surface area contributed by atoms with Gasteiger partial charge in [0.25, 0.3) is 0 Å². The Morgan fingerprint density at radius 1 is 1.11 bits per heavy atom. The monoisotopic (exact) mass is 276 g/mol. The van der Waals surface area contributed by atoms with Crippen LogP contribution in [0.1, 0.15) is 46.5 Å². The molecule has 0 saturated heterocycles. The number of nitrogens with one attached hydrogen (secondary N) is 2. The van der Waals surface area contributed by atoms with Gasteiger partial charge in [-0.15, -0.1) is 0 Å². The summed E-state index contributed by atoms with van der Waals surface area (Å²) in [4.78, 5) is 0. The summed E-state index contributed by atoms with van der Waals surface area (Å²) in [6.45, 7) is 8.09. The van der Waals surface area contributed by atoms with Crippen LogP contribution in [0.4, 0.5) is 0 Å². The van der Waals surface area contributed by atoms with Crippen molar-refractivity contribution in [2.45, 2.75) is 52.5 Å². The van der Waals surface area contributed by atoms with Gasteiger partial charge in [-0.2, -0.15) is 0 Å². The molecule has 2 atom stereocenters. The summed E-state index contributed by atoms with van der Waals surface area (Å²) in [5, 5.41) is 3.52. The molecule has 4 nitrogen and oxygen atoms in total. The van der Waals surface area contributed by atoms with Crippen molar-refractivity contribution in [1.29, 1.82) is 0 Å². The van der Waals surface area contributed by atoms with Gasteiger partial charge in [0.15, 0.2) is 0 Å². The summed E-state index contributed by atoms with van der Waals surface area (Å²) in [5.41, 5.74) is 0.322. The van der Waals surface area contributed by atoms with Gasteiger partial charge in [0.2, 0.25) is 10.0 Å². The standard InChI is InChI=1S/C13H28N2O2S/c1-13(2,3)11-7-5-6-8-12(11)14-9-10-15-18(4,16)17/h11-12,14-15H,5-10H2,1-4H3. The zero-order valence-electron chi connectivity index (χ0n) is 12.1. The van der Waals surface area contributed by atoms with E-state index in [2.05, 4.69) is 30.8 Å². The fraction of sp³-hybridized carbons (Fsp3) is 1.00. The molecular formula is C13H28N2O2S. The van der Waals surface area contributed by atoms with E-state index in [1.807, 2.05) is 0 Å². The lowest BCUT2D eigenvalue weighted by molar-refractivity contribution is 0.132. The Hall–Kier alpha value is -0.130. The van der Waals surface area contributed by atoms with Gasteiger partial charge in [0.1, 0.15) is 0 Å². The molecule has 2 unspecified atom stereocenters. The van der Waals surface area contributed by atoms with E-state index in [4.69, 9.17) is 0 Å². The van der Waals surface area contributed by atoms with Crippen LogP contribution in [-0.2, 0) is 10.0 Å². The second-order valence-corrected chi connectivity index (χ2v) is 8.32. The molecule has 0 heterocycles. The Bertz CT molecular complexity index is 346. The van der Waals surface area contributed by atoms with Gasteiger partial charge < -0.3 is 5.32 Å². The van der Waals surface area contributed by atoms with Crippen LogP contribution in [0.3, 0.4) is 0 Å². The van der Waals surface area contributed by atoms with Crippen LogP contribution in [0.2, 0.25) is 0 Å². The zero-order chi connectivity index (χ0) is 13.8. The van der Waals surface area contributed by atoms with E-state index in [0.717, 1.165) is 0 Å². The third kappa shape index (κ3) is 5.67. The molecule has 18 heavy (non-hydrogen) atoms. The molecule has 0 aliphatic heterocycles. The minimum absolute atomic E-state index is 0.322. The average molecular weight is 276 g/mol.